The Morgan fingerprint density at radius 3 is 2.63 bits per heavy atom. The van der Waals surface area contributed by atoms with E-state index in [1.54, 1.807) is 24.4 Å². The Kier molecular flexibility index (Phi) is 7.33. The number of nitrogens with one attached hydrogen (secondary N) is 3. The number of hydrogen-bond acceptors (Lipinski definition) is 6. The highest BCUT2D eigenvalue weighted by Crippen LogP contribution is 2.23. The highest BCUT2D eigenvalue weighted by atomic mass is 35.5. The number of ether oxygens (including phenoxy) is 1. The Morgan fingerprint density at radius 1 is 1.19 bits per heavy atom. The molecule has 8 nitrogen and oxygen atoms in total. The second kappa shape index (κ2) is 9.70. The molecule has 10 heteroatoms. The van der Waals surface area contributed by atoms with Crippen LogP contribution < -0.4 is 16.0 Å². The molecule has 2 rings (SSSR count). The fourth-order valence-corrected chi connectivity index (χ4v) is 2.76. The molecule has 2 aromatic rings. The molecule has 0 saturated carbocycles. The number of halogens is 1. The van der Waals surface area contributed by atoms with E-state index >= 15 is 0 Å². The summed E-state index contributed by atoms with van der Waals surface area (Å²) in [7, 11) is 0. The van der Waals surface area contributed by atoms with Crippen molar-refractivity contribution in [2.45, 2.75) is 6.92 Å². The molecule has 0 aliphatic heterocycles. The van der Waals surface area contributed by atoms with E-state index in [0.717, 1.165) is 0 Å². The number of carbonyl (C=O) groups excluding carboxylic acids is 4. The van der Waals surface area contributed by atoms with Crippen LogP contribution in [0.4, 0.5) is 10.5 Å². The lowest BCUT2D eigenvalue weighted by atomic mass is 10.1. The van der Waals surface area contributed by atoms with Gasteiger partial charge in [0.1, 0.15) is 0 Å². The molecule has 3 N–H and O–H groups in total. The first-order valence-corrected chi connectivity index (χ1v) is 9.05. The zero-order valence-electron chi connectivity index (χ0n) is 14.2. The maximum atomic E-state index is 12.3. The summed E-state index contributed by atoms with van der Waals surface area (Å²) < 4.78 is 4.90. The number of esters is 1. The predicted molar refractivity (Wildman–Crippen MR) is 101 cm³/mol. The van der Waals surface area contributed by atoms with Crippen molar-refractivity contribution in [2.75, 3.05) is 18.5 Å². The Labute approximate surface area is 163 Å². The van der Waals surface area contributed by atoms with Crippen LogP contribution in [0.15, 0.2) is 35.7 Å². The smallest absolute Gasteiger partial charge is 0.340 e. The number of thiophene rings is 1. The minimum absolute atomic E-state index is 0.0233. The molecule has 0 aliphatic rings. The van der Waals surface area contributed by atoms with Crippen LogP contribution in [0.5, 0.6) is 0 Å². The number of amides is 4. The standard InChI is InChI=1S/C17H16ClN3O5S/c1-2-19-17(25)21-14(22)9-26-16(24)11-6-5-10(18)8-12(11)20-15(23)13-4-3-7-27-13/h3-8H,2,9H2,1H3,(H,20,23)(H2,19,21,22,25). The summed E-state index contributed by atoms with van der Waals surface area (Å²) in [5, 5.41) is 9.03. The molecule has 0 atom stereocenters. The summed E-state index contributed by atoms with van der Waals surface area (Å²) in [5.74, 6) is -2.04. The zero-order valence-corrected chi connectivity index (χ0v) is 15.8. The maximum absolute atomic E-state index is 12.3. The van der Waals surface area contributed by atoms with Crippen molar-refractivity contribution in [1.29, 1.82) is 0 Å². The lowest BCUT2D eigenvalue weighted by Gasteiger charge is -2.11. The number of urea groups is 1. The second-order valence-electron chi connectivity index (χ2n) is 5.11. The van der Waals surface area contributed by atoms with E-state index in [4.69, 9.17) is 16.3 Å². The summed E-state index contributed by atoms with van der Waals surface area (Å²) in [6.45, 7) is 1.38. The van der Waals surface area contributed by atoms with Crippen LogP contribution in [0.3, 0.4) is 0 Å². The van der Waals surface area contributed by atoms with Gasteiger partial charge in [-0.25, -0.2) is 9.59 Å². The van der Waals surface area contributed by atoms with Gasteiger partial charge >= 0.3 is 12.0 Å². The van der Waals surface area contributed by atoms with E-state index in [1.807, 2.05) is 5.32 Å². The van der Waals surface area contributed by atoms with Crippen LogP contribution in [0.25, 0.3) is 0 Å². The number of rotatable bonds is 6. The van der Waals surface area contributed by atoms with E-state index in [-0.39, 0.29) is 11.3 Å². The van der Waals surface area contributed by atoms with Crippen molar-refractivity contribution in [2.24, 2.45) is 0 Å². The first-order chi connectivity index (χ1) is 12.9. The van der Waals surface area contributed by atoms with Gasteiger partial charge in [-0.1, -0.05) is 17.7 Å². The van der Waals surface area contributed by atoms with Crippen LogP contribution in [-0.4, -0.2) is 37.0 Å². The number of imide groups is 1. The molecule has 27 heavy (non-hydrogen) atoms. The first-order valence-electron chi connectivity index (χ1n) is 7.80. The molecule has 0 radical (unpaired) electrons. The van der Waals surface area contributed by atoms with Crippen LogP contribution in [-0.2, 0) is 9.53 Å². The van der Waals surface area contributed by atoms with Gasteiger partial charge in [0.15, 0.2) is 6.61 Å². The molecule has 4 amide bonds. The van der Waals surface area contributed by atoms with Gasteiger partial charge < -0.3 is 15.4 Å². The number of carbonyl (C=O) groups is 4. The Morgan fingerprint density at radius 2 is 1.96 bits per heavy atom. The van der Waals surface area contributed by atoms with Crippen molar-refractivity contribution in [3.05, 3.63) is 51.2 Å². The predicted octanol–water partition coefficient (Wildman–Crippen LogP) is 2.66. The van der Waals surface area contributed by atoms with Crippen molar-refractivity contribution < 1.29 is 23.9 Å². The minimum Gasteiger partial charge on any atom is -0.452 e. The monoisotopic (exact) mass is 409 g/mol. The molecule has 0 spiro atoms. The maximum Gasteiger partial charge on any atom is 0.340 e. The van der Waals surface area contributed by atoms with Crippen molar-refractivity contribution in [1.82, 2.24) is 10.6 Å². The molecule has 0 fully saturated rings. The summed E-state index contributed by atoms with van der Waals surface area (Å²) in [4.78, 5) is 47.8. The quantitative estimate of drug-likeness (QED) is 0.635. The average molecular weight is 410 g/mol. The lowest BCUT2D eigenvalue weighted by molar-refractivity contribution is -0.123. The second-order valence-corrected chi connectivity index (χ2v) is 6.49. The van der Waals surface area contributed by atoms with Gasteiger partial charge in [0, 0.05) is 11.6 Å². The van der Waals surface area contributed by atoms with Gasteiger partial charge in [0.25, 0.3) is 11.8 Å². The van der Waals surface area contributed by atoms with E-state index < -0.39 is 30.4 Å². The van der Waals surface area contributed by atoms with Gasteiger partial charge in [-0.2, -0.15) is 0 Å². The van der Waals surface area contributed by atoms with E-state index in [2.05, 4.69) is 10.6 Å². The summed E-state index contributed by atoms with van der Waals surface area (Å²) in [6.07, 6.45) is 0. The van der Waals surface area contributed by atoms with Crippen molar-refractivity contribution in [3.8, 4) is 0 Å². The van der Waals surface area contributed by atoms with E-state index in [1.165, 1.54) is 29.5 Å². The molecule has 1 heterocycles. The summed E-state index contributed by atoms with van der Waals surface area (Å²) >= 11 is 7.18. The van der Waals surface area contributed by atoms with Crippen LogP contribution in [0.1, 0.15) is 27.0 Å². The number of anilines is 1. The highest BCUT2D eigenvalue weighted by Gasteiger charge is 2.18. The average Bonchev–Trinajstić information content (AvgIpc) is 3.15. The topological polar surface area (TPSA) is 114 Å². The largest absolute Gasteiger partial charge is 0.452 e. The minimum atomic E-state index is -0.848. The Bertz CT molecular complexity index is 854. The van der Waals surface area contributed by atoms with Gasteiger partial charge in [0.05, 0.1) is 16.1 Å². The van der Waals surface area contributed by atoms with E-state index in [9.17, 15) is 19.2 Å². The molecular weight excluding hydrogens is 394 g/mol. The highest BCUT2D eigenvalue weighted by molar-refractivity contribution is 7.12. The molecule has 0 bridgehead atoms. The molecule has 1 aromatic heterocycles. The van der Waals surface area contributed by atoms with Gasteiger partial charge in [-0.05, 0) is 36.6 Å². The van der Waals surface area contributed by atoms with Crippen LogP contribution in [0.2, 0.25) is 5.02 Å². The van der Waals surface area contributed by atoms with Crippen LogP contribution in [0, 0.1) is 0 Å². The normalized spacial score (nSPS) is 10.0. The molecule has 1 aromatic carbocycles. The molecule has 142 valence electrons. The van der Waals surface area contributed by atoms with E-state index in [0.29, 0.717) is 16.4 Å². The molecule has 0 unspecified atom stereocenters. The number of hydrogen-bond donors (Lipinski definition) is 3. The molecule has 0 saturated heterocycles. The van der Waals surface area contributed by atoms with Crippen molar-refractivity contribution in [3.63, 3.8) is 0 Å². The fraction of sp³-hybridized carbons (Fsp3) is 0.176. The van der Waals surface area contributed by atoms with Crippen LogP contribution >= 0.6 is 22.9 Å². The third-order valence-electron chi connectivity index (χ3n) is 3.12. The Balaban J connectivity index is 2.04. The van der Waals surface area contributed by atoms with Gasteiger partial charge in [0.2, 0.25) is 0 Å². The fourth-order valence-electron chi connectivity index (χ4n) is 1.97. The zero-order chi connectivity index (χ0) is 19.8. The third-order valence-corrected chi connectivity index (χ3v) is 4.22. The third kappa shape index (κ3) is 6.08. The Hall–Kier alpha value is -2.91. The SMILES string of the molecule is CCNC(=O)NC(=O)COC(=O)c1ccc(Cl)cc1NC(=O)c1cccs1. The molecule has 0 aliphatic carbocycles. The number of benzene rings is 1. The summed E-state index contributed by atoms with van der Waals surface area (Å²) in [6, 6.07) is 6.89. The van der Waals surface area contributed by atoms with Gasteiger partial charge in [-0.15, -0.1) is 11.3 Å². The first kappa shape index (κ1) is 20.4. The lowest BCUT2D eigenvalue weighted by Crippen LogP contribution is -2.41. The molecular formula is C17H16ClN3O5S. The van der Waals surface area contributed by atoms with Gasteiger partial charge in [-0.3, -0.25) is 14.9 Å². The summed E-state index contributed by atoms with van der Waals surface area (Å²) in [5.41, 5.74) is 0.171. The van der Waals surface area contributed by atoms with Crippen molar-refractivity contribution >= 4 is 52.4 Å².